The maximum Gasteiger partial charge on any atom is 0.258 e. The summed E-state index contributed by atoms with van der Waals surface area (Å²) in [6.45, 7) is 6.26. The number of nitrogens with one attached hydrogen (secondary N) is 1. The largest absolute Gasteiger partial charge is 0.324 e. The molecule has 0 aliphatic heterocycles. The van der Waals surface area contributed by atoms with E-state index in [1.807, 2.05) is 5.38 Å². The van der Waals surface area contributed by atoms with E-state index in [0.29, 0.717) is 12.0 Å². The second-order valence-corrected chi connectivity index (χ2v) is 8.20. The SMILES string of the molecule is CC(C)c1ccc(C[NH+](Cc2cc(=O)n3ccsc3n2)C2CC2)cc1. The number of rotatable bonds is 6. The highest BCUT2D eigenvalue weighted by Gasteiger charge is 2.33. The molecule has 1 N–H and O–H groups in total. The predicted molar refractivity (Wildman–Crippen MR) is 101 cm³/mol. The first kappa shape index (κ1) is 16.5. The molecule has 25 heavy (non-hydrogen) atoms. The summed E-state index contributed by atoms with van der Waals surface area (Å²) in [5.74, 6) is 0.565. The van der Waals surface area contributed by atoms with E-state index < -0.39 is 0 Å². The molecule has 0 radical (unpaired) electrons. The first-order valence-electron chi connectivity index (χ1n) is 8.99. The minimum Gasteiger partial charge on any atom is -0.324 e. The van der Waals surface area contributed by atoms with Crippen LogP contribution in [-0.2, 0) is 13.1 Å². The topological polar surface area (TPSA) is 38.8 Å². The standard InChI is InChI=1S/C20H23N3OS/c1-14(2)16-5-3-15(4-6-16)12-22(18-7-8-18)13-17-11-19(24)23-9-10-25-20(23)21-17/h3-6,9-11,14,18H,7-8,12-13H2,1-2H3/p+1. The van der Waals surface area contributed by atoms with Crippen molar-refractivity contribution in [3.63, 3.8) is 0 Å². The molecule has 130 valence electrons. The zero-order valence-electron chi connectivity index (χ0n) is 14.7. The fourth-order valence-electron chi connectivity index (χ4n) is 3.34. The van der Waals surface area contributed by atoms with Crippen molar-refractivity contribution in [1.82, 2.24) is 9.38 Å². The van der Waals surface area contributed by atoms with Crippen molar-refractivity contribution < 1.29 is 4.90 Å². The molecule has 1 aromatic carbocycles. The van der Waals surface area contributed by atoms with Gasteiger partial charge in [0, 0.05) is 36.0 Å². The summed E-state index contributed by atoms with van der Waals surface area (Å²) in [7, 11) is 0. The van der Waals surface area contributed by atoms with Crippen LogP contribution < -0.4 is 10.5 Å². The fourth-order valence-corrected chi connectivity index (χ4v) is 4.08. The van der Waals surface area contributed by atoms with Gasteiger partial charge in [-0.3, -0.25) is 9.20 Å². The Morgan fingerprint density at radius 1 is 1.24 bits per heavy atom. The quantitative estimate of drug-likeness (QED) is 0.739. The van der Waals surface area contributed by atoms with Crippen LogP contribution in [0.25, 0.3) is 4.96 Å². The lowest BCUT2D eigenvalue weighted by atomic mass is 10.0. The number of nitrogens with zero attached hydrogens (tertiary/aromatic N) is 2. The van der Waals surface area contributed by atoms with Crippen molar-refractivity contribution >= 4 is 16.3 Å². The van der Waals surface area contributed by atoms with Gasteiger partial charge < -0.3 is 4.90 Å². The lowest BCUT2D eigenvalue weighted by molar-refractivity contribution is -0.938. The minimum atomic E-state index is 0.0256. The Morgan fingerprint density at radius 2 is 2.00 bits per heavy atom. The van der Waals surface area contributed by atoms with Gasteiger partial charge >= 0.3 is 0 Å². The number of fused-ring (bicyclic) bond motifs is 1. The molecule has 1 saturated carbocycles. The van der Waals surface area contributed by atoms with E-state index in [1.54, 1.807) is 16.7 Å². The van der Waals surface area contributed by atoms with E-state index in [2.05, 4.69) is 43.1 Å². The van der Waals surface area contributed by atoms with E-state index in [1.165, 1.54) is 40.2 Å². The van der Waals surface area contributed by atoms with Gasteiger partial charge in [0.15, 0.2) is 4.96 Å². The third kappa shape index (κ3) is 3.67. The van der Waals surface area contributed by atoms with Crippen LogP contribution in [0.15, 0.2) is 46.7 Å². The van der Waals surface area contributed by atoms with Crippen LogP contribution in [0.3, 0.4) is 0 Å². The highest BCUT2D eigenvalue weighted by atomic mass is 32.1. The first-order chi connectivity index (χ1) is 12.1. The van der Waals surface area contributed by atoms with Gasteiger partial charge in [0.05, 0.1) is 6.04 Å². The van der Waals surface area contributed by atoms with Crippen LogP contribution in [0.1, 0.15) is 49.4 Å². The number of aromatic nitrogens is 2. The van der Waals surface area contributed by atoms with Crippen LogP contribution >= 0.6 is 11.3 Å². The van der Waals surface area contributed by atoms with Crippen LogP contribution in [0.2, 0.25) is 0 Å². The molecule has 0 amide bonds. The van der Waals surface area contributed by atoms with Crippen molar-refractivity contribution in [2.24, 2.45) is 0 Å². The van der Waals surface area contributed by atoms with Crippen molar-refractivity contribution in [1.29, 1.82) is 0 Å². The second kappa shape index (κ2) is 6.73. The molecule has 0 saturated heterocycles. The molecule has 4 nitrogen and oxygen atoms in total. The number of hydrogen-bond acceptors (Lipinski definition) is 3. The Labute approximate surface area is 151 Å². The van der Waals surface area contributed by atoms with Gasteiger partial charge in [-0.25, -0.2) is 4.98 Å². The van der Waals surface area contributed by atoms with Crippen LogP contribution in [0, 0.1) is 0 Å². The van der Waals surface area contributed by atoms with Crippen LogP contribution in [-0.4, -0.2) is 15.4 Å². The van der Waals surface area contributed by atoms with Gasteiger partial charge in [0.1, 0.15) is 18.8 Å². The molecule has 2 aromatic heterocycles. The summed E-state index contributed by atoms with van der Waals surface area (Å²) in [5.41, 5.74) is 3.68. The number of hydrogen-bond donors (Lipinski definition) is 1. The zero-order chi connectivity index (χ0) is 17.4. The van der Waals surface area contributed by atoms with Gasteiger partial charge in [-0.05, 0) is 11.5 Å². The Balaban J connectivity index is 1.53. The smallest absolute Gasteiger partial charge is 0.258 e. The van der Waals surface area contributed by atoms with E-state index in [0.717, 1.165) is 23.7 Å². The van der Waals surface area contributed by atoms with Gasteiger partial charge in [0.25, 0.3) is 5.56 Å². The maximum absolute atomic E-state index is 12.2. The van der Waals surface area contributed by atoms with Crippen molar-refractivity contribution in [2.45, 2.75) is 51.7 Å². The summed E-state index contributed by atoms with van der Waals surface area (Å²) >= 11 is 1.52. The summed E-state index contributed by atoms with van der Waals surface area (Å²) in [5, 5.41) is 1.91. The van der Waals surface area contributed by atoms with Gasteiger partial charge in [0.2, 0.25) is 0 Å². The van der Waals surface area contributed by atoms with Gasteiger partial charge in [-0.1, -0.05) is 38.1 Å². The summed E-state index contributed by atoms with van der Waals surface area (Å²) in [6.07, 6.45) is 4.35. The molecule has 1 atom stereocenters. The van der Waals surface area contributed by atoms with E-state index in [9.17, 15) is 4.79 Å². The fraction of sp³-hybridized carbons (Fsp3) is 0.400. The van der Waals surface area contributed by atoms with Gasteiger partial charge in [-0.15, -0.1) is 11.3 Å². The summed E-state index contributed by atoms with van der Waals surface area (Å²) in [4.78, 5) is 19.2. The summed E-state index contributed by atoms with van der Waals surface area (Å²) < 4.78 is 1.62. The van der Waals surface area contributed by atoms with Crippen molar-refractivity contribution in [2.75, 3.05) is 0 Å². The monoisotopic (exact) mass is 354 g/mol. The Hall–Kier alpha value is -1.98. The molecule has 3 aromatic rings. The van der Waals surface area contributed by atoms with Crippen molar-refractivity contribution in [3.05, 3.63) is 69.1 Å². The number of quaternary nitrogens is 1. The Morgan fingerprint density at radius 3 is 2.68 bits per heavy atom. The lowest BCUT2D eigenvalue weighted by Gasteiger charge is -2.19. The van der Waals surface area contributed by atoms with E-state index in [4.69, 9.17) is 0 Å². The van der Waals surface area contributed by atoms with E-state index >= 15 is 0 Å². The molecular weight excluding hydrogens is 330 g/mol. The minimum absolute atomic E-state index is 0.0256. The first-order valence-corrected chi connectivity index (χ1v) is 9.87. The zero-order valence-corrected chi connectivity index (χ0v) is 15.6. The molecule has 1 aliphatic carbocycles. The Bertz CT molecular complexity index is 922. The molecule has 0 spiro atoms. The van der Waals surface area contributed by atoms with Crippen LogP contribution in [0.5, 0.6) is 0 Å². The molecule has 1 unspecified atom stereocenters. The number of benzene rings is 1. The van der Waals surface area contributed by atoms with Gasteiger partial charge in [-0.2, -0.15) is 0 Å². The summed E-state index contributed by atoms with van der Waals surface area (Å²) in [6, 6.07) is 11.4. The van der Waals surface area contributed by atoms with Crippen LogP contribution in [0.4, 0.5) is 0 Å². The van der Waals surface area contributed by atoms with Crippen molar-refractivity contribution in [3.8, 4) is 0 Å². The third-order valence-electron chi connectivity index (χ3n) is 5.00. The molecule has 1 fully saturated rings. The highest BCUT2D eigenvalue weighted by Crippen LogP contribution is 2.18. The normalized spacial score (nSPS) is 15.8. The molecule has 2 heterocycles. The molecule has 0 bridgehead atoms. The highest BCUT2D eigenvalue weighted by molar-refractivity contribution is 7.15. The van der Waals surface area contributed by atoms with E-state index in [-0.39, 0.29) is 5.56 Å². The maximum atomic E-state index is 12.2. The Kier molecular flexibility index (Phi) is 4.44. The molecule has 4 rings (SSSR count). The lowest BCUT2D eigenvalue weighted by Crippen LogP contribution is -3.10. The number of thiazole rings is 1. The molecular formula is C20H24N3OS+. The predicted octanol–water partition coefficient (Wildman–Crippen LogP) is 2.63. The average Bonchev–Trinajstić information content (AvgIpc) is 3.33. The third-order valence-corrected chi connectivity index (χ3v) is 5.75. The second-order valence-electron chi connectivity index (χ2n) is 7.32. The average molecular weight is 354 g/mol. The molecule has 5 heteroatoms. The molecule has 1 aliphatic rings.